The molecule has 4 heteroatoms. The van der Waals surface area contributed by atoms with Crippen LogP contribution in [0.1, 0.15) is 66.7 Å². The Balaban J connectivity index is 1.35. The van der Waals surface area contributed by atoms with Crippen molar-refractivity contribution in [3.63, 3.8) is 0 Å². The molecule has 1 fully saturated rings. The van der Waals surface area contributed by atoms with Gasteiger partial charge in [0.1, 0.15) is 0 Å². The Hall–Kier alpha value is -1.98. The molecule has 3 aromatic rings. The van der Waals surface area contributed by atoms with Crippen LogP contribution in [-0.2, 0) is 23.4 Å². The van der Waals surface area contributed by atoms with Crippen LogP contribution in [-0.4, -0.2) is 37.0 Å². The normalized spacial score (nSPS) is 17.2. The molecule has 1 saturated heterocycles. The van der Waals surface area contributed by atoms with Crippen molar-refractivity contribution < 1.29 is 4.74 Å². The van der Waals surface area contributed by atoms with E-state index in [4.69, 9.17) is 4.74 Å². The van der Waals surface area contributed by atoms with Gasteiger partial charge >= 0.3 is 0 Å². The van der Waals surface area contributed by atoms with Gasteiger partial charge in [0.15, 0.2) is 0 Å². The molecule has 3 nitrogen and oxygen atoms in total. The molecule has 1 aliphatic heterocycles. The Bertz CT molecular complexity index is 978. The fraction of sp³-hybridized carbons (Fsp3) is 0.467. The Morgan fingerprint density at radius 2 is 1.74 bits per heavy atom. The van der Waals surface area contributed by atoms with Crippen molar-refractivity contribution in [2.24, 2.45) is 0 Å². The molecule has 0 bridgehead atoms. The van der Waals surface area contributed by atoms with Gasteiger partial charge in [-0.25, -0.2) is 0 Å². The third kappa shape index (κ3) is 6.17. The zero-order chi connectivity index (χ0) is 23.8. The second kappa shape index (κ2) is 12.1. The second-order valence-electron chi connectivity index (χ2n) is 9.85. The number of hydrogen-bond donors (Lipinski definition) is 0. The molecule has 0 radical (unpaired) electrons. The number of ether oxygens (including phenoxy) is 1. The quantitative estimate of drug-likeness (QED) is 0.290. The highest BCUT2D eigenvalue weighted by atomic mass is 32.1. The molecular formula is C30H40N2OS. The topological polar surface area (TPSA) is 15.7 Å². The van der Waals surface area contributed by atoms with E-state index in [1.165, 1.54) is 34.4 Å². The summed E-state index contributed by atoms with van der Waals surface area (Å²) >= 11 is 1.81. The van der Waals surface area contributed by atoms with Gasteiger partial charge in [0, 0.05) is 30.1 Å². The molecule has 0 unspecified atom stereocenters. The number of unbranched alkanes of at least 4 members (excludes halogenated alkanes) is 1. The summed E-state index contributed by atoms with van der Waals surface area (Å²) in [7, 11) is 4.46. The minimum atomic E-state index is 0.142. The predicted octanol–water partition coefficient (Wildman–Crippen LogP) is 7.25. The highest BCUT2D eigenvalue weighted by molar-refractivity contribution is 7.10. The molecule has 0 aliphatic carbocycles. The first-order chi connectivity index (χ1) is 16.6. The number of benzene rings is 2. The van der Waals surface area contributed by atoms with Gasteiger partial charge in [0.25, 0.3) is 0 Å². The third-order valence-electron chi connectivity index (χ3n) is 7.38. The van der Waals surface area contributed by atoms with Crippen molar-refractivity contribution in [3.05, 3.63) is 93.7 Å². The third-order valence-corrected chi connectivity index (χ3v) is 8.34. The Morgan fingerprint density at radius 3 is 2.41 bits per heavy atom. The predicted molar refractivity (Wildman–Crippen MR) is 144 cm³/mol. The summed E-state index contributed by atoms with van der Waals surface area (Å²) in [5.41, 5.74) is 4.25. The Labute approximate surface area is 210 Å². The smallest absolute Gasteiger partial charge is 0.0921 e. The first-order valence-electron chi connectivity index (χ1n) is 12.8. The van der Waals surface area contributed by atoms with Crippen LogP contribution in [0, 0.1) is 0 Å². The van der Waals surface area contributed by atoms with E-state index in [-0.39, 0.29) is 11.6 Å². The van der Waals surface area contributed by atoms with E-state index in [1.807, 2.05) is 11.3 Å². The van der Waals surface area contributed by atoms with Crippen LogP contribution in [0.2, 0.25) is 0 Å². The molecule has 34 heavy (non-hydrogen) atoms. The van der Waals surface area contributed by atoms with E-state index < -0.39 is 0 Å². The maximum absolute atomic E-state index is 6.41. The standard InChI is InChI=1S/C30H40N2OS/c1-4-5-15-28(29-16-10-21-34-29)33-24-26-12-9-11-25(22-26)23-32-19-17-30(18-20-32,31(2)3)27-13-7-6-8-14-27/h6-14,16,21-22,28H,4-5,15,17-20,23-24H2,1-3H3/t28-/m0/s1. The molecule has 2 heterocycles. The van der Waals surface area contributed by atoms with Crippen molar-refractivity contribution in [3.8, 4) is 0 Å². The van der Waals surface area contributed by atoms with Crippen molar-refractivity contribution >= 4 is 11.3 Å². The van der Waals surface area contributed by atoms with Crippen molar-refractivity contribution in [1.29, 1.82) is 0 Å². The number of piperidine rings is 1. The average molecular weight is 477 g/mol. The molecule has 0 amide bonds. The van der Waals surface area contributed by atoms with E-state index in [1.54, 1.807) is 0 Å². The zero-order valence-corrected chi connectivity index (χ0v) is 21.9. The van der Waals surface area contributed by atoms with Crippen LogP contribution in [0.25, 0.3) is 0 Å². The summed E-state index contributed by atoms with van der Waals surface area (Å²) in [5, 5.41) is 2.15. The number of rotatable bonds is 11. The summed E-state index contributed by atoms with van der Waals surface area (Å²) in [6.45, 7) is 6.17. The van der Waals surface area contributed by atoms with E-state index in [2.05, 4.69) is 103 Å². The number of thiophene rings is 1. The first kappa shape index (κ1) is 25.1. The van der Waals surface area contributed by atoms with Gasteiger partial charge in [-0.05, 0) is 61.5 Å². The minimum absolute atomic E-state index is 0.142. The van der Waals surface area contributed by atoms with Crippen molar-refractivity contribution in [2.75, 3.05) is 27.2 Å². The molecule has 1 atom stereocenters. The van der Waals surface area contributed by atoms with Crippen molar-refractivity contribution in [1.82, 2.24) is 9.80 Å². The minimum Gasteiger partial charge on any atom is -0.368 e. The van der Waals surface area contributed by atoms with Crippen LogP contribution in [0.3, 0.4) is 0 Å². The Kier molecular flexibility index (Phi) is 8.96. The largest absolute Gasteiger partial charge is 0.368 e. The van der Waals surface area contributed by atoms with Gasteiger partial charge in [-0.3, -0.25) is 9.80 Å². The van der Waals surface area contributed by atoms with Gasteiger partial charge in [-0.2, -0.15) is 0 Å². The summed E-state index contributed by atoms with van der Waals surface area (Å²) in [6, 6.07) is 24.4. The van der Waals surface area contributed by atoms with Gasteiger partial charge in [-0.1, -0.05) is 80.4 Å². The number of hydrogen-bond acceptors (Lipinski definition) is 4. The van der Waals surface area contributed by atoms with E-state index in [0.717, 1.165) is 38.9 Å². The lowest BCUT2D eigenvalue weighted by Gasteiger charge is -2.46. The van der Waals surface area contributed by atoms with E-state index in [9.17, 15) is 0 Å². The molecule has 1 aliphatic rings. The summed E-state index contributed by atoms with van der Waals surface area (Å²) in [6.07, 6.45) is 6.03. The molecule has 4 rings (SSSR count). The highest BCUT2D eigenvalue weighted by Gasteiger charge is 2.37. The van der Waals surface area contributed by atoms with Crippen molar-refractivity contribution in [2.45, 2.75) is 63.8 Å². The highest BCUT2D eigenvalue weighted by Crippen LogP contribution is 2.37. The number of nitrogens with zero attached hydrogens (tertiary/aromatic N) is 2. The SMILES string of the molecule is CCCC[C@H](OCc1cccc(CN2CCC(c3ccccc3)(N(C)C)CC2)c1)c1cccs1. The van der Waals surface area contributed by atoms with E-state index in [0.29, 0.717) is 6.61 Å². The second-order valence-corrected chi connectivity index (χ2v) is 10.8. The first-order valence-corrected chi connectivity index (χ1v) is 13.7. The molecule has 0 N–H and O–H groups in total. The van der Waals surface area contributed by atoms with Crippen LogP contribution < -0.4 is 0 Å². The van der Waals surface area contributed by atoms with E-state index >= 15 is 0 Å². The van der Waals surface area contributed by atoms with Crippen LogP contribution in [0.5, 0.6) is 0 Å². The lowest BCUT2D eigenvalue weighted by Crippen LogP contribution is -2.50. The maximum Gasteiger partial charge on any atom is 0.0921 e. The summed E-state index contributed by atoms with van der Waals surface area (Å²) in [4.78, 5) is 6.39. The maximum atomic E-state index is 6.41. The zero-order valence-electron chi connectivity index (χ0n) is 21.1. The fourth-order valence-electron chi connectivity index (χ4n) is 5.27. The van der Waals surface area contributed by atoms with Gasteiger partial charge < -0.3 is 4.74 Å². The van der Waals surface area contributed by atoms with Crippen LogP contribution in [0.15, 0.2) is 72.1 Å². The lowest BCUT2D eigenvalue weighted by atomic mass is 9.79. The van der Waals surface area contributed by atoms with Crippen LogP contribution in [0.4, 0.5) is 0 Å². The molecule has 0 spiro atoms. The summed E-state index contributed by atoms with van der Waals surface area (Å²) < 4.78 is 6.41. The summed E-state index contributed by atoms with van der Waals surface area (Å²) in [5.74, 6) is 0. The number of likely N-dealkylation sites (tertiary alicyclic amines) is 1. The molecule has 2 aromatic carbocycles. The van der Waals surface area contributed by atoms with Crippen LogP contribution >= 0.6 is 11.3 Å². The fourth-order valence-corrected chi connectivity index (χ4v) is 6.08. The van der Waals surface area contributed by atoms with Gasteiger partial charge in [0.2, 0.25) is 0 Å². The lowest BCUT2D eigenvalue weighted by molar-refractivity contribution is 0.0346. The molecular weight excluding hydrogens is 436 g/mol. The monoisotopic (exact) mass is 476 g/mol. The molecule has 182 valence electrons. The van der Waals surface area contributed by atoms with Gasteiger partial charge in [0.05, 0.1) is 12.7 Å². The molecule has 1 aromatic heterocycles. The van der Waals surface area contributed by atoms with Gasteiger partial charge in [-0.15, -0.1) is 11.3 Å². The molecule has 0 saturated carbocycles. The Morgan fingerprint density at radius 1 is 0.971 bits per heavy atom. The average Bonchev–Trinajstić information content (AvgIpc) is 3.40.